The molecule has 0 amide bonds. The van der Waals surface area contributed by atoms with Crippen LogP contribution in [-0.4, -0.2) is 0 Å². The largest absolute Gasteiger partial charge is 0.455 e. The van der Waals surface area contributed by atoms with Gasteiger partial charge in [-0.2, -0.15) is 0 Å². The summed E-state index contributed by atoms with van der Waals surface area (Å²) in [6.07, 6.45) is 0. The Morgan fingerprint density at radius 2 is 1.07 bits per heavy atom. The monoisotopic (exact) mass is 785 g/mol. The van der Waals surface area contributed by atoms with E-state index in [1.165, 1.54) is 64.7 Å². The number of para-hydroxylation sites is 2. The van der Waals surface area contributed by atoms with Crippen LogP contribution in [0.25, 0.3) is 86.6 Å². The van der Waals surface area contributed by atoms with E-state index < -0.39 is 0 Å². The number of hydrogen-bond donors (Lipinski definition) is 0. The van der Waals surface area contributed by atoms with Gasteiger partial charge in [0.2, 0.25) is 0 Å². The van der Waals surface area contributed by atoms with Gasteiger partial charge in [0.1, 0.15) is 11.2 Å². The first-order valence-corrected chi connectivity index (χ1v) is 21.5. The van der Waals surface area contributed by atoms with E-state index in [2.05, 4.69) is 207 Å². The van der Waals surface area contributed by atoms with Gasteiger partial charge in [-0.15, -0.1) is 11.3 Å². The summed E-state index contributed by atoms with van der Waals surface area (Å²) >= 11 is 1.92. The van der Waals surface area contributed by atoms with Crippen molar-refractivity contribution in [2.45, 2.75) is 19.3 Å². The predicted octanol–water partition coefficient (Wildman–Crippen LogP) is 16.7. The molecule has 0 radical (unpaired) electrons. The first kappa shape index (κ1) is 34.8. The molecule has 0 N–H and O–H groups in total. The highest BCUT2D eigenvalue weighted by Crippen LogP contribution is 2.54. The summed E-state index contributed by atoms with van der Waals surface area (Å²) in [6, 6.07) is 72.9. The molecule has 11 aromatic rings. The van der Waals surface area contributed by atoms with Crippen LogP contribution in [0.3, 0.4) is 0 Å². The fourth-order valence-corrected chi connectivity index (χ4v) is 10.9. The quantitative estimate of drug-likeness (QED) is 0.167. The minimum Gasteiger partial charge on any atom is -0.455 e. The Hall–Kier alpha value is -7.20. The second-order valence-corrected chi connectivity index (χ2v) is 17.5. The average Bonchev–Trinajstić information content (AvgIpc) is 3.95. The molecule has 0 saturated carbocycles. The van der Waals surface area contributed by atoms with E-state index in [1.54, 1.807) is 0 Å². The smallest absolute Gasteiger partial charge is 0.143 e. The van der Waals surface area contributed by atoms with Crippen LogP contribution in [-0.2, 0) is 5.41 Å². The first-order chi connectivity index (χ1) is 29.5. The number of benzene rings is 9. The molecule has 0 unspecified atom stereocenters. The molecule has 2 nitrogen and oxygen atoms in total. The van der Waals surface area contributed by atoms with Crippen molar-refractivity contribution < 1.29 is 4.42 Å². The third kappa shape index (κ3) is 5.40. The van der Waals surface area contributed by atoms with E-state index in [0.29, 0.717) is 0 Å². The van der Waals surface area contributed by atoms with Gasteiger partial charge in [-0.1, -0.05) is 159 Å². The molecule has 0 saturated heterocycles. The van der Waals surface area contributed by atoms with Crippen molar-refractivity contribution in [2.75, 3.05) is 4.90 Å². The molecule has 1 aliphatic carbocycles. The lowest BCUT2D eigenvalue weighted by molar-refractivity contribution is 0.661. The Morgan fingerprint density at radius 3 is 1.93 bits per heavy atom. The summed E-state index contributed by atoms with van der Waals surface area (Å²) in [4.78, 5) is 2.41. The summed E-state index contributed by atoms with van der Waals surface area (Å²) < 4.78 is 9.13. The standard InChI is InChI=1S/C57H39NOS/c1-57(2)50-23-8-6-20-48(50)54-51(57)31-30-47-49-35-43(29-32-53(49)60-56(47)54)58(42-18-11-17-40(34-42)39-16-10-15-38(33-39)36-13-4-3-5-14-36)41-27-25-37(26-28-41)44-21-12-22-46-45-19-7-9-24-52(45)59-55(44)46/h3-35H,1-2H3. The van der Waals surface area contributed by atoms with E-state index in [-0.39, 0.29) is 5.41 Å². The zero-order chi connectivity index (χ0) is 40.0. The molecule has 0 spiro atoms. The fraction of sp³-hybridized carbons (Fsp3) is 0.0526. The van der Waals surface area contributed by atoms with Crippen molar-refractivity contribution >= 4 is 70.5 Å². The molecule has 9 aromatic carbocycles. The van der Waals surface area contributed by atoms with Crippen LogP contribution in [0.15, 0.2) is 205 Å². The zero-order valence-corrected chi connectivity index (χ0v) is 34.1. The van der Waals surface area contributed by atoms with Crippen LogP contribution in [0.4, 0.5) is 17.1 Å². The highest BCUT2D eigenvalue weighted by molar-refractivity contribution is 7.26. The van der Waals surface area contributed by atoms with Gasteiger partial charge in [-0.3, -0.25) is 0 Å². The topological polar surface area (TPSA) is 16.4 Å². The lowest BCUT2D eigenvalue weighted by atomic mass is 9.82. The maximum atomic E-state index is 6.46. The molecule has 284 valence electrons. The number of fused-ring (bicyclic) bond motifs is 10. The molecule has 0 fully saturated rings. The highest BCUT2D eigenvalue weighted by atomic mass is 32.1. The van der Waals surface area contributed by atoms with Crippen LogP contribution in [0.2, 0.25) is 0 Å². The predicted molar refractivity (Wildman–Crippen MR) is 255 cm³/mol. The maximum absolute atomic E-state index is 6.46. The van der Waals surface area contributed by atoms with Crippen molar-refractivity contribution in [1.29, 1.82) is 0 Å². The van der Waals surface area contributed by atoms with Crippen molar-refractivity contribution in [3.05, 3.63) is 211 Å². The third-order valence-corrected chi connectivity index (χ3v) is 13.9. The first-order valence-electron chi connectivity index (χ1n) is 20.7. The lowest BCUT2D eigenvalue weighted by Crippen LogP contribution is -2.14. The molecule has 2 aromatic heterocycles. The second kappa shape index (κ2) is 13.4. The van der Waals surface area contributed by atoms with Crippen LogP contribution >= 0.6 is 11.3 Å². The Bertz CT molecular complexity index is 3460. The van der Waals surface area contributed by atoms with Crippen molar-refractivity contribution in [1.82, 2.24) is 0 Å². The van der Waals surface area contributed by atoms with Gasteiger partial charge in [0.25, 0.3) is 0 Å². The van der Waals surface area contributed by atoms with E-state index in [4.69, 9.17) is 4.42 Å². The third-order valence-electron chi connectivity index (χ3n) is 12.7. The van der Waals surface area contributed by atoms with Gasteiger partial charge in [0.05, 0.1) is 0 Å². The lowest BCUT2D eigenvalue weighted by Gasteiger charge is -2.26. The summed E-state index contributed by atoms with van der Waals surface area (Å²) in [6.45, 7) is 4.72. The van der Waals surface area contributed by atoms with Crippen molar-refractivity contribution in [2.24, 2.45) is 0 Å². The van der Waals surface area contributed by atoms with Gasteiger partial charge in [0.15, 0.2) is 0 Å². The van der Waals surface area contributed by atoms with E-state index in [1.807, 2.05) is 23.5 Å². The Labute approximate surface area is 353 Å². The number of rotatable bonds is 6. The second-order valence-electron chi connectivity index (χ2n) is 16.5. The summed E-state index contributed by atoms with van der Waals surface area (Å²) in [7, 11) is 0. The van der Waals surface area contributed by atoms with Crippen molar-refractivity contribution in [3.63, 3.8) is 0 Å². The van der Waals surface area contributed by atoms with Crippen LogP contribution < -0.4 is 4.90 Å². The molecule has 60 heavy (non-hydrogen) atoms. The number of anilines is 3. The molecule has 0 aliphatic heterocycles. The van der Waals surface area contributed by atoms with Gasteiger partial charge in [0, 0.05) is 64.5 Å². The van der Waals surface area contributed by atoms with Crippen LogP contribution in [0, 0.1) is 0 Å². The number of hydrogen-bond acceptors (Lipinski definition) is 3. The number of furan rings is 1. The molecule has 0 atom stereocenters. The minimum absolute atomic E-state index is 0.0357. The van der Waals surface area contributed by atoms with Crippen LogP contribution in [0.5, 0.6) is 0 Å². The van der Waals surface area contributed by atoms with Crippen molar-refractivity contribution in [3.8, 4) is 44.5 Å². The molecule has 3 heteroatoms. The van der Waals surface area contributed by atoms with Gasteiger partial charge >= 0.3 is 0 Å². The van der Waals surface area contributed by atoms with E-state index in [0.717, 1.165) is 50.1 Å². The number of thiophene rings is 1. The summed E-state index contributed by atoms with van der Waals surface area (Å²) in [5.41, 5.74) is 17.6. The Balaban J connectivity index is 1.01. The molecule has 2 heterocycles. The average molecular weight is 786 g/mol. The molecular weight excluding hydrogens is 747 g/mol. The fourth-order valence-electron chi connectivity index (χ4n) is 9.69. The Morgan fingerprint density at radius 1 is 0.417 bits per heavy atom. The van der Waals surface area contributed by atoms with Gasteiger partial charge in [-0.05, 0) is 99.1 Å². The Kier molecular flexibility index (Phi) is 7.79. The SMILES string of the molecule is CC1(C)c2ccccc2-c2c1ccc1c2sc2ccc(N(c3ccc(-c4cccc5c4oc4ccccc45)cc3)c3cccc(-c4cccc(-c5ccccc5)c4)c3)cc21. The van der Waals surface area contributed by atoms with Gasteiger partial charge < -0.3 is 9.32 Å². The van der Waals surface area contributed by atoms with E-state index in [9.17, 15) is 0 Å². The minimum atomic E-state index is -0.0357. The number of nitrogens with zero attached hydrogens (tertiary/aromatic N) is 1. The van der Waals surface area contributed by atoms with Crippen LogP contribution in [0.1, 0.15) is 25.0 Å². The molecule has 1 aliphatic rings. The van der Waals surface area contributed by atoms with E-state index >= 15 is 0 Å². The summed E-state index contributed by atoms with van der Waals surface area (Å²) in [5.74, 6) is 0. The molecule has 12 rings (SSSR count). The molecular formula is C57H39NOS. The maximum Gasteiger partial charge on any atom is 0.143 e. The highest BCUT2D eigenvalue weighted by Gasteiger charge is 2.36. The zero-order valence-electron chi connectivity index (χ0n) is 33.3. The van der Waals surface area contributed by atoms with Gasteiger partial charge in [-0.25, -0.2) is 0 Å². The summed E-state index contributed by atoms with van der Waals surface area (Å²) in [5, 5.41) is 4.86. The normalized spacial score (nSPS) is 13.0. The molecule has 0 bridgehead atoms.